The summed E-state index contributed by atoms with van der Waals surface area (Å²) in [7, 11) is 1.95. The van der Waals surface area contributed by atoms with Crippen molar-refractivity contribution in [3.8, 4) is 0 Å². The van der Waals surface area contributed by atoms with Gasteiger partial charge in [-0.1, -0.05) is 6.92 Å². The fourth-order valence-corrected chi connectivity index (χ4v) is 3.68. The Morgan fingerprint density at radius 2 is 2.17 bits per heavy atom. The summed E-state index contributed by atoms with van der Waals surface area (Å²) < 4.78 is 7.79. The summed E-state index contributed by atoms with van der Waals surface area (Å²) in [6.45, 7) is 6.99. The smallest absolute Gasteiger partial charge is 0.223 e. The fourth-order valence-electron chi connectivity index (χ4n) is 3.68. The molecule has 5 nitrogen and oxygen atoms in total. The van der Waals surface area contributed by atoms with Crippen molar-refractivity contribution in [3.05, 3.63) is 40.6 Å². The maximum Gasteiger partial charge on any atom is 0.223 e. The van der Waals surface area contributed by atoms with E-state index in [1.54, 1.807) is 0 Å². The molecule has 1 atom stereocenters. The number of aromatic nitrogens is 2. The van der Waals surface area contributed by atoms with Crippen LogP contribution in [0.15, 0.2) is 16.5 Å². The van der Waals surface area contributed by atoms with Crippen LogP contribution in [-0.2, 0) is 24.7 Å². The van der Waals surface area contributed by atoms with Gasteiger partial charge in [0.1, 0.15) is 11.5 Å². The predicted octanol–water partition coefficient (Wildman–Crippen LogP) is 3.49. The summed E-state index contributed by atoms with van der Waals surface area (Å²) in [6, 6.07) is 4.16. The summed E-state index contributed by atoms with van der Waals surface area (Å²) >= 11 is 0. The Labute approximate surface area is 143 Å². The minimum absolute atomic E-state index is 0.105. The molecule has 1 aliphatic rings. The zero-order valence-electron chi connectivity index (χ0n) is 15.1. The van der Waals surface area contributed by atoms with Gasteiger partial charge in [-0.2, -0.15) is 5.10 Å². The van der Waals surface area contributed by atoms with Crippen LogP contribution in [0.1, 0.15) is 60.7 Å². The van der Waals surface area contributed by atoms with E-state index in [4.69, 9.17) is 4.42 Å². The first-order valence-electron chi connectivity index (χ1n) is 8.88. The molecule has 0 unspecified atom stereocenters. The molecule has 24 heavy (non-hydrogen) atoms. The molecule has 130 valence electrons. The molecule has 0 aliphatic carbocycles. The van der Waals surface area contributed by atoms with Crippen molar-refractivity contribution in [2.45, 2.75) is 58.9 Å². The Balaban J connectivity index is 1.67. The number of rotatable bonds is 5. The van der Waals surface area contributed by atoms with Gasteiger partial charge in [-0.05, 0) is 50.8 Å². The second-order valence-corrected chi connectivity index (χ2v) is 6.68. The molecule has 2 aromatic rings. The summed E-state index contributed by atoms with van der Waals surface area (Å²) in [5, 5.41) is 4.44. The van der Waals surface area contributed by atoms with Crippen molar-refractivity contribution in [2.75, 3.05) is 6.54 Å². The van der Waals surface area contributed by atoms with Crippen LogP contribution >= 0.6 is 0 Å². The number of carbonyl (C=O) groups excluding carboxylic acids is 1. The van der Waals surface area contributed by atoms with E-state index in [0.29, 0.717) is 6.42 Å². The highest BCUT2D eigenvalue weighted by molar-refractivity contribution is 5.77. The maximum atomic E-state index is 12.8. The average Bonchev–Trinajstić information content (AvgIpc) is 3.26. The SMILES string of the molecule is CCc1ccc([C@@H]2CCCN2C(=O)CCc2c(C)nn(C)c2C)o1. The zero-order valence-corrected chi connectivity index (χ0v) is 15.1. The average molecular weight is 329 g/mol. The minimum Gasteiger partial charge on any atom is -0.464 e. The van der Waals surface area contributed by atoms with Crippen LogP contribution in [-0.4, -0.2) is 27.1 Å². The first kappa shape index (κ1) is 16.8. The Hall–Kier alpha value is -2.04. The first-order valence-corrected chi connectivity index (χ1v) is 8.88. The predicted molar refractivity (Wildman–Crippen MR) is 92.8 cm³/mol. The lowest BCUT2D eigenvalue weighted by atomic mass is 10.1. The van der Waals surface area contributed by atoms with Crippen LogP contribution in [0, 0.1) is 13.8 Å². The van der Waals surface area contributed by atoms with Gasteiger partial charge in [-0.15, -0.1) is 0 Å². The largest absolute Gasteiger partial charge is 0.464 e. The lowest BCUT2D eigenvalue weighted by Crippen LogP contribution is -2.30. The van der Waals surface area contributed by atoms with Crippen molar-refractivity contribution in [2.24, 2.45) is 7.05 Å². The standard InChI is InChI=1S/C19H27N3O2/c1-5-15-8-10-18(24-15)17-7-6-12-22(17)19(23)11-9-16-13(2)20-21(4)14(16)3/h8,10,17H,5-7,9,11-12H2,1-4H3/t17-/m0/s1. The van der Waals surface area contributed by atoms with E-state index in [2.05, 4.69) is 18.9 Å². The van der Waals surface area contributed by atoms with Gasteiger partial charge >= 0.3 is 0 Å². The topological polar surface area (TPSA) is 51.3 Å². The highest BCUT2D eigenvalue weighted by Gasteiger charge is 2.31. The molecule has 0 bridgehead atoms. The number of furan rings is 1. The molecule has 1 amide bonds. The molecule has 0 radical (unpaired) electrons. The van der Waals surface area contributed by atoms with Crippen LogP contribution in [0.3, 0.4) is 0 Å². The van der Waals surface area contributed by atoms with Gasteiger partial charge in [0.05, 0.1) is 11.7 Å². The number of hydrogen-bond donors (Lipinski definition) is 0. The zero-order chi connectivity index (χ0) is 17.3. The molecule has 3 rings (SSSR count). The van der Waals surface area contributed by atoms with Gasteiger partial charge < -0.3 is 9.32 Å². The van der Waals surface area contributed by atoms with Gasteiger partial charge in [0.15, 0.2) is 0 Å². The van der Waals surface area contributed by atoms with Gasteiger partial charge in [0.25, 0.3) is 0 Å². The number of hydrogen-bond acceptors (Lipinski definition) is 3. The maximum absolute atomic E-state index is 12.8. The van der Waals surface area contributed by atoms with Crippen LogP contribution in [0.2, 0.25) is 0 Å². The highest BCUT2D eigenvalue weighted by atomic mass is 16.3. The third kappa shape index (κ3) is 3.12. The number of aryl methyl sites for hydroxylation is 3. The summed E-state index contributed by atoms with van der Waals surface area (Å²) in [5.74, 6) is 2.15. The number of carbonyl (C=O) groups is 1. The minimum atomic E-state index is 0.105. The number of nitrogens with zero attached hydrogens (tertiary/aromatic N) is 3. The molecule has 0 aromatic carbocycles. The fraction of sp³-hybridized carbons (Fsp3) is 0.579. The molecule has 0 saturated carbocycles. The summed E-state index contributed by atoms with van der Waals surface area (Å²) in [6.07, 6.45) is 4.22. The molecule has 1 fully saturated rings. The van der Waals surface area contributed by atoms with Crippen molar-refractivity contribution in [1.82, 2.24) is 14.7 Å². The molecule has 5 heteroatoms. The molecular weight excluding hydrogens is 302 g/mol. The van der Waals surface area contributed by atoms with Crippen LogP contribution in [0.5, 0.6) is 0 Å². The van der Waals surface area contributed by atoms with Crippen LogP contribution in [0.25, 0.3) is 0 Å². The quantitative estimate of drug-likeness (QED) is 0.844. The second-order valence-electron chi connectivity index (χ2n) is 6.68. The van der Waals surface area contributed by atoms with Crippen LogP contribution < -0.4 is 0 Å². The van der Waals surface area contributed by atoms with Crippen molar-refractivity contribution >= 4 is 5.91 Å². The van der Waals surface area contributed by atoms with E-state index < -0.39 is 0 Å². The van der Waals surface area contributed by atoms with Gasteiger partial charge in [0.2, 0.25) is 5.91 Å². The molecule has 1 saturated heterocycles. The van der Waals surface area contributed by atoms with E-state index in [1.807, 2.05) is 35.7 Å². The van der Waals surface area contributed by atoms with Crippen LogP contribution in [0.4, 0.5) is 0 Å². The normalized spacial score (nSPS) is 17.7. The molecule has 3 heterocycles. The van der Waals surface area contributed by atoms with E-state index in [1.165, 1.54) is 5.56 Å². The molecule has 2 aromatic heterocycles. The molecule has 1 aliphatic heterocycles. The number of likely N-dealkylation sites (tertiary alicyclic amines) is 1. The van der Waals surface area contributed by atoms with Crippen molar-refractivity contribution in [3.63, 3.8) is 0 Å². The molecule has 0 spiro atoms. The Bertz CT molecular complexity index is 729. The second kappa shape index (κ2) is 6.83. The van der Waals surface area contributed by atoms with Gasteiger partial charge in [-0.3, -0.25) is 9.48 Å². The van der Waals surface area contributed by atoms with Crippen molar-refractivity contribution in [1.29, 1.82) is 0 Å². The van der Waals surface area contributed by atoms with Gasteiger partial charge in [-0.25, -0.2) is 0 Å². The van der Waals surface area contributed by atoms with Gasteiger partial charge in [0, 0.05) is 32.1 Å². The summed E-state index contributed by atoms with van der Waals surface area (Å²) in [4.78, 5) is 14.8. The number of amides is 1. The Morgan fingerprint density at radius 3 is 2.79 bits per heavy atom. The highest BCUT2D eigenvalue weighted by Crippen LogP contribution is 2.33. The van der Waals surface area contributed by atoms with E-state index in [0.717, 1.165) is 55.1 Å². The van der Waals surface area contributed by atoms with E-state index in [9.17, 15) is 4.79 Å². The third-order valence-corrected chi connectivity index (χ3v) is 5.18. The Morgan fingerprint density at radius 1 is 1.38 bits per heavy atom. The third-order valence-electron chi connectivity index (χ3n) is 5.18. The van der Waals surface area contributed by atoms with E-state index >= 15 is 0 Å². The lowest BCUT2D eigenvalue weighted by molar-refractivity contribution is -0.132. The van der Waals surface area contributed by atoms with E-state index in [-0.39, 0.29) is 11.9 Å². The van der Waals surface area contributed by atoms with Crippen molar-refractivity contribution < 1.29 is 9.21 Å². The Kier molecular flexibility index (Phi) is 4.78. The summed E-state index contributed by atoms with van der Waals surface area (Å²) in [5.41, 5.74) is 3.38. The molecule has 0 N–H and O–H groups in total. The first-order chi connectivity index (χ1) is 11.5. The monoisotopic (exact) mass is 329 g/mol. The lowest BCUT2D eigenvalue weighted by Gasteiger charge is -2.23. The molecular formula is C19H27N3O2.